The molecular formula is C20H28ClN5O2S. The van der Waals surface area contributed by atoms with E-state index >= 15 is 0 Å². The van der Waals surface area contributed by atoms with E-state index < -0.39 is 11.5 Å². The molecule has 0 fully saturated rings. The van der Waals surface area contributed by atoms with Crippen LogP contribution in [0.25, 0.3) is 10.7 Å². The normalized spacial score (nSPS) is 16.1. The lowest BCUT2D eigenvalue weighted by Crippen LogP contribution is -2.53. The smallest absolute Gasteiger partial charge is 0.272 e. The number of halogens is 1. The Hall–Kier alpha value is -1.90. The summed E-state index contributed by atoms with van der Waals surface area (Å²) >= 11 is 7.88. The number of amides is 2. The summed E-state index contributed by atoms with van der Waals surface area (Å²) in [4.78, 5) is 33.4. The third kappa shape index (κ3) is 4.49. The number of thiophene rings is 1. The second-order valence-corrected chi connectivity index (χ2v) is 9.78. The van der Waals surface area contributed by atoms with Crippen molar-refractivity contribution in [3.05, 3.63) is 27.9 Å². The fourth-order valence-corrected chi connectivity index (χ4v) is 4.69. The van der Waals surface area contributed by atoms with Crippen LogP contribution in [0.3, 0.4) is 0 Å². The first kappa shape index (κ1) is 21.8. The van der Waals surface area contributed by atoms with Crippen molar-refractivity contribution in [3.8, 4) is 10.7 Å². The van der Waals surface area contributed by atoms with Gasteiger partial charge < -0.3 is 20.1 Å². The van der Waals surface area contributed by atoms with E-state index in [1.165, 1.54) is 11.3 Å². The highest BCUT2D eigenvalue weighted by molar-refractivity contribution is 7.14. The molecule has 158 valence electrons. The van der Waals surface area contributed by atoms with Gasteiger partial charge in [0.25, 0.3) is 5.91 Å². The Labute approximate surface area is 180 Å². The van der Waals surface area contributed by atoms with Gasteiger partial charge in [0.2, 0.25) is 5.91 Å². The van der Waals surface area contributed by atoms with Gasteiger partial charge in [0.1, 0.15) is 6.04 Å². The van der Waals surface area contributed by atoms with Crippen LogP contribution in [0, 0.1) is 5.41 Å². The van der Waals surface area contributed by atoms with E-state index in [2.05, 4.69) is 20.1 Å². The minimum atomic E-state index is -0.672. The van der Waals surface area contributed by atoms with Gasteiger partial charge in [-0.2, -0.15) is 0 Å². The maximum Gasteiger partial charge on any atom is 0.272 e. The minimum Gasteiger partial charge on any atom is -0.357 e. The second-order valence-electron chi connectivity index (χ2n) is 8.46. The molecule has 1 aliphatic rings. The summed E-state index contributed by atoms with van der Waals surface area (Å²) in [6, 6.07) is 1.17. The fourth-order valence-electron chi connectivity index (χ4n) is 3.55. The van der Waals surface area contributed by atoms with Crippen molar-refractivity contribution in [1.82, 2.24) is 25.1 Å². The zero-order valence-corrected chi connectivity index (χ0v) is 19.1. The van der Waals surface area contributed by atoms with Crippen LogP contribution >= 0.6 is 22.9 Å². The molecule has 7 nitrogen and oxygen atoms in total. The molecule has 0 aliphatic carbocycles. The summed E-state index contributed by atoms with van der Waals surface area (Å²) < 4.78 is 2.10. The number of likely N-dealkylation sites (N-methyl/N-ethyl adjacent to an activating group) is 1. The number of carbonyl (C=O) groups is 2. The van der Waals surface area contributed by atoms with Crippen molar-refractivity contribution in [2.45, 2.75) is 46.3 Å². The standard InChI is InChI=1S/C20H28ClN5O2S/c1-20(2,3)16(19(28)22-4)24-18(27)14-13-11-25(5)8-6-9-26(13)17(23-14)15-12(21)7-10-29-15/h7,10,16H,6,8-9,11H2,1-5H3,(H,22,28)(H,24,27)/t16-/m1/s1. The largest absolute Gasteiger partial charge is 0.357 e. The molecule has 1 aliphatic heterocycles. The first-order valence-electron chi connectivity index (χ1n) is 9.67. The van der Waals surface area contributed by atoms with Crippen LogP contribution in [-0.4, -0.2) is 52.9 Å². The molecule has 0 aromatic carbocycles. The molecule has 3 heterocycles. The van der Waals surface area contributed by atoms with Crippen molar-refractivity contribution in [2.75, 3.05) is 20.6 Å². The Bertz CT molecular complexity index is 915. The number of hydrogen-bond donors (Lipinski definition) is 2. The Morgan fingerprint density at radius 1 is 1.31 bits per heavy atom. The number of nitrogens with zero attached hydrogens (tertiary/aromatic N) is 3. The van der Waals surface area contributed by atoms with E-state index in [0.717, 1.165) is 30.1 Å². The third-order valence-electron chi connectivity index (χ3n) is 5.10. The summed E-state index contributed by atoms with van der Waals surface area (Å²) in [6.45, 7) is 8.08. The summed E-state index contributed by atoms with van der Waals surface area (Å²) in [5.41, 5.74) is 0.770. The Kier molecular flexibility index (Phi) is 6.36. The molecule has 2 aromatic heterocycles. The summed E-state index contributed by atoms with van der Waals surface area (Å²) in [7, 11) is 3.60. The number of carbonyl (C=O) groups excluding carboxylic acids is 2. The Morgan fingerprint density at radius 2 is 2.03 bits per heavy atom. The lowest BCUT2D eigenvalue weighted by molar-refractivity contribution is -0.124. The predicted molar refractivity (Wildman–Crippen MR) is 116 cm³/mol. The molecule has 0 saturated carbocycles. The van der Waals surface area contributed by atoms with Gasteiger partial charge in [-0.05, 0) is 36.9 Å². The molecule has 0 saturated heterocycles. The summed E-state index contributed by atoms with van der Waals surface area (Å²) in [5.74, 6) is 0.147. The molecule has 3 rings (SSSR count). The van der Waals surface area contributed by atoms with Gasteiger partial charge >= 0.3 is 0 Å². The van der Waals surface area contributed by atoms with E-state index in [1.54, 1.807) is 7.05 Å². The van der Waals surface area contributed by atoms with Gasteiger partial charge in [-0.25, -0.2) is 4.98 Å². The van der Waals surface area contributed by atoms with Gasteiger partial charge in [-0.15, -0.1) is 11.3 Å². The van der Waals surface area contributed by atoms with Crippen molar-refractivity contribution >= 4 is 34.8 Å². The molecule has 2 N–H and O–H groups in total. The molecule has 2 aromatic rings. The highest BCUT2D eigenvalue weighted by Gasteiger charge is 2.35. The predicted octanol–water partition coefficient (Wildman–Crippen LogP) is 2.99. The molecule has 0 unspecified atom stereocenters. The quantitative estimate of drug-likeness (QED) is 0.770. The maximum absolute atomic E-state index is 13.3. The van der Waals surface area contributed by atoms with Crippen molar-refractivity contribution in [2.24, 2.45) is 5.41 Å². The molecule has 0 radical (unpaired) electrons. The first-order chi connectivity index (χ1) is 13.6. The average molecular weight is 438 g/mol. The topological polar surface area (TPSA) is 79.3 Å². The van der Waals surface area contributed by atoms with E-state index in [1.807, 2.05) is 39.3 Å². The van der Waals surface area contributed by atoms with Crippen LogP contribution in [-0.2, 0) is 17.9 Å². The van der Waals surface area contributed by atoms with Crippen LogP contribution in [0.5, 0.6) is 0 Å². The minimum absolute atomic E-state index is 0.227. The number of fused-ring (bicyclic) bond motifs is 1. The lowest BCUT2D eigenvalue weighted by Gasteiger charge is -2.29. The van der Waals surface area contributed by atoms with E-state index in [0.29, 0.717) is 23.1 Å². The number of hydrogen-bond acceptors (Lipinski definition) is 5. The zero-order valence-electron chi connectivity index (χ0n) is 17.5. The second kappa shape index (κ2) is 8.45. The van der Waals surface area contributed by atoms with Gasteiger partial charge in [0, 0.05) is 20.1 Å². The Balaban J connectivity index is 2.04. The molecule has 0 bridgehead atoms. The molecule has 0 spiro atoms. The number of aromatic nitrogens is 2. The van der Waals surface area contributed by atoms with Crippen LogP contribution < -0.4 is 10.6 Å². The van der Waals surface area contributed by atoms with Crippen LogP contribution in [0.15, 0.2) is 11.4 Å². The third-order valence-corrected chi connectivity index (χ3v) is 6.44. The first-order valence-corrected chi connectivity index (χ1v) is 10.9. The number of rotatable bonds is 4. The molecule has 9 heteroatoms. The van der Waals surface area contributed by atoms with Gasteiger partial charge in [-0.3, -0.25) is 9.59 Å². The Morgan fingerprint density at radius 3 is 2.62 bits per heavy atom. The zero-order chi connectivity index (χ0) is 21.3. The molecule has 1 atom stereocenters. The van der Waals surface area contributed by atoms with Gasteiger partial charge in [-0.1, -0.05) is 32.4 Å². The molecule has 29 heavy (non-hydrogen) atoms. The van der Waals surface area contributed by atoms with Crippen molar-refractivity contribution < 1.29 is 9.59 Å². The molecule has 2 amide bonds. The van der Waals surface area contributed by atoms with Crippen molar-refractivity contribution in [1.29, 1.82) is 0 Å². The van der Waals surface area contributed by atoms with Crippen molar-refractivity contribution in [3.63, 3.8) is 0 Å². The monoisotopic (exact) mass is 437 g/mol. The van der Waals surface area contributed by atoms with E-state index in [-0.39, 0.29) is 11.8 Å². The lowest BCUT2D eigenvalue weighted by atomic mass is 9.86. The van der Waals surface area contributed by atoms with Crippen LogP contribution in [0.1, 0.15) is 43.4 Å². The summed E-state index contributed by atoms with van der Waals surface area (Å²) in [5, 5.41) is 8.10. The molecular weight excluding hydrogens is 410 g/mol. The van der Waals surface area contributed by atoms with E-state index in [4.69, 9.17) is 16.6 Å². The fraction of sp³-hybridized carbons (Fsp3) is 0.550. The number of imidazole rings is 1. The number of nitrogens with one attached hydrogen (secondary N) is 2. The summed E-state index contributed by atoms with van der Waals surface area (Å²) in [6.07, 6.45) is 0.958. The maximum atomic E-state index is 13.3. The van der Waals surface area contributed by atoms with Crippen LogP contribution in [0.4, 0.5) is 0 Å². The van der Waals surface area contributed by atoms with Gasteiger partial charge in [0.05, 0.1) is 15.6 Å². The van der Waals surface area contributed by atoms with Crippen LogP contribution in [0.2, 0.25) is 5.02 Å². The van der Waals surface area contributed by atoms with Gasteiger partial charge in [0.15, 0.2) is 11.5 Å². The average Bonchev–Trinajstić information content (AvgIpc) is 3.16. The highest BCUT2D eigenvalue weighted by Crippen LogP contribution is 2.35. The highest BCUT2D eigenvalue weighted by atomic mass is 35.5. The SMILES string of the molecule is CNC(=O)[C@@H](NC(=O)c1nc(-c2sccc2Cl)n2c1CN(C)CCC2)C(C)(C)C. The van der Waals surface area contributed by atoms with E-state index in [9.17, 15) is 9.59 Å².